The average molecular weight is 270 g/mol. The lowest BCUT2D eigenvalue weighted by atomic mass is 10.2. The third kappa shape index (κ3) is 2.46. The monoisotopic (exact) mass is 270 g/mol. The number of urea groups is 1. The molecule has 2 rings (SSSR count). The summed E-state index contributed by atoms with van der Waals surface area (Å²) >= 11 is 1.17. The van der Waals surface area contributed by atoms with Crippen LogP contribution in [0.5, 0.6) is 0 Å². The van der Waals surface area contributed by atoms with E-state index in [1.54, 1.807) is 10.3 Å². The molecule has 0 saturated carbocycles. The van der Waals surface area contributed by atoms with Crippen LogP contribution in [0.15, 0.2) is 11.4 Å². The molecule has 98 valence electrons. The molecule has 3 N–H and O–H groups in total. The van der Waals surface area contributed by atoms with E-state index in [4.69, 9.17) is 10.2 Å². The molecule has 1 aromatic rings. The van der Waals surface area contributed by atoms with Crippen molar-refractivity contribution >= 4 is 28.3 Å². The first-order valence-corrected chi connectivity index (χ1v) is 6.50. The lowest BCUT2D eigenvalue weighted by Crippen LogP contribution is -2.40. The fourth-order valence-corrected chi connectivity index (χ4v) is 2.81. The molecule has 1 fully saturated rings. The van der Waals surface area contributed by atoms with E-state index in [1.165, 1.54) is 17.4 Å². The van der Waals surface area contributed by atoms with E-state index in [0.29, 0.717) is 11.5 Å². The highest BCUT2D eigenvalue weighted by atomic mass is 32.1. The van der Waals surface area contributed by atoms with E-state index in [1.807, 2.05) is 0 Å². The Kier molecular flexibility index (Phi) is 3.83. The van der Waals surface area contributed by atoms with Gasteiger partial charge in [0, 0.05) is 6.54 Å². The van der Waals surface area contributed by atoms with Crippen molar-refractivity contribution in [1.82, 2.24) is 4.90 Å². The zero-order chi connectivity index (χ0) is 13.1. The van der Waals surface area contributed by atoms with Crippen molar-refractivity contribution in [2.45, 2.75) is 18.9 Å². The summed E-state index contributed by atoms with van der Waals surface area (Å²) in [5.41, 5.74) is 0.0908. The molecule has 7 heteroatoms. The second-order valence-corrected chi connectivity index (χ2v) is 4.99. The molecule has 1 aliphatic heterocycles. The molecule has 1 aliphatic rings. The van der Waals surface area contributed by atoms with Crippen LogP contribution in [0.2, 0.25) is 0 Å². The number of nitrogens with one attached hydrogen (secondary N) is 1. The number of carbonyl (C=O) groups excluding carboxylic acids is 1. The van der Waals surface area contributed by atoms with Gasteiger partial charge >= 0.3 is 12.0 Å². The molecule has 0 spiro atoms. The fraction of sp³-hybridized carbons (Fsp3) is 0.455. The number of nitrogens with zero attached hydrogens (tertiary/aromatic N) is 1. The summed E-state index contributed by atoms with van der Waals surface area (Å²) in [4.78, 5) is 24.4. The van der Waals surface area contributed by atoms with Crippen LogP contribution in [0.1, 0.15) is 23.2 Å². The number of aliphatic hydroxyl groups is 1. The van der Waals surface area contributed by atoms with E-state index in [-0.39, 0.29) is 24.2 Å². The summed E-state index contributed by atoms with van der Waals surface area (Å²) in [5.74, 6) is -1.06. The molecule has 0 bridgehead atoms. The average Bonchev–Trinajstić information content (AvgIpc) is 2.96. The number of aromatic carboxylic acids is 1. The summed E-state index contributed by atoms with van der Waals surface area (Å²) in [5, 5.41) is 22.6. The zero-order valence-corrected chi connectivity index (χ0v) is 10.4. The van der Waals surface area contributed by atoms with Crippen LogP contribution in [0.4, 0.5) is 9.80 Å². The van der Waals surface area contributed by atoms with Crippen molar-refractivity contribution in [3.63, 3.8) is 0 Å². The Morgan fingerprint density at radius 2 is 2.33 bits per heavy atom. The van der Waals surface area contributed by atoms with Gasteiger partial charge in [-0.3, -0.25) is 5.32 Å². The zero-order valence-electron chi connectivity index (χ0n) is 9.63. The second kappa shape index (κ2) is 5.36. The number of hydrogen-bond acceptors (Lipinski definition) is 4. The van der Waals surface area contributed by atoms with Crippen molar-refractivity contribution in [2.75, 3.05) is 18.5 Å². The first-order chi connectivity index (χ1) is 8.63. The standard InChI is InChI=1S/C11H14N2O4S/c14-6-7-2-1-4-13(7)11(17)12-9-8(10(15)16)3-5-18-9/h3,5,7,14H,1-2,4,6H2,(H,12,17)(H,15,16). The predicted molar refractivity (Wildman–Crippen MR) is 67.1 cm³/mol. The molecule has 2 heterocycles. The quantitative estimate of drug-likeness (QED) is 0.775. The first kappa shape index (κ1) is 12.8. The van der Waals surface area contributed by atoms with E-state index in [2.05, 4.69) is 5.32 Å². The van der Waals surface area contributed by atoms with Gasteiger partial charge in [-0.25, -0.2) is 9.59 Å². The molecule has 2 amide bonds. The van der Waals surface area contributed by atoms with E-state index < -0.39 is 5.97 Å². The van der Waals surface area contributed by atoms with Crippen LogP contribution in [0, 0.1) is 0 Å². The number of aliphatic hydroxyl groups excluding tert-OH is 1. The summed E-state index contributed by atoms with van der Waals surface area (Å²) in [6.07, 6.45) is 1.63. The van der Waals surface area contributed by atoms with E-state index >= 15 is 0 Å². The maximum absolute atomic E-state index is 12.0. The molecule has 0 aliphatic carbocycles. The molecule has 1 saturated heterocycles. The minimum absolute atomic E-state index is 0.0658. The van der Waals surface area contributed by atoms with Crippen molar-refractivity contribution in [1.29, 1.82) is 0 Å². The highest BCUT2D eigenvalue weighted by molar-refractivity contribution is 7.14. The summed E-state index contributed by atoms with van der Waals surface area (Å²) in [6.45, 7) is 0.522. The molecule has 6 nitrogen and oxygen atoms in total. The van der Waals surface area contributed by atoms with Gasteiger partial charge in [0.25, 0.3) is 0 Å². The van der Waals surface area contributed by atoms with Crippen molar-refractivity contribution in [3.8, 4) is 0 Å². The number of hydrogen-bond donors (Lipinski definition) is 3. The minimum Gasteiger partial charge on any atom is -0.478 e. The van der Waals surface area contributed by atoms with Gasteiger partial charge in [0.05, 0.1) is 18.2 Å². The Morgan fingerprint density at radius 1 is 1.56 bits per heavy atom. The number of carboxylic acid groups (broad SMARTS) is 1. The van der Waals surface area contributed by atoms with Crippen LogP contribution < -0.4 is 5.32 Å². The number of carboxylic acids is 1. The van der Waals surface area contributed by atoms with Crippen LogP contribution in [-0.2, 0) is 0 Å². The number of carbonyl (C=O) groups is 2. The Bertz CT molecular complexity index is 460. The van der Waals surface area contributed by atoms with Crippen LogP contribution in [-0.4, -0.2) is 46.3 Å². The minimum atomic E-state index is -1.06. The van der Waals surface area contributed by atoms with Gasteiger partial charge in [0.15, 0.2) is 0 Å². The third-order valence-electron chi connectivity index (χ3n) is 2.96. The summed E-state index contributed by atoms with van der Waals surface area (Å²) < 4.78 is 0. The number of anilines is 1. The number of amides is 2. The normalized spacial score (nSPS) is 18.9. The van der Waals surface area contributed by atoms with Gasteiger partial charge in [0.2, 0.25) is 0 Å². The Morgan fingerprint density at radius 3 is 3.00 bits per heavy atom. The van der Waals surface area contributed by atoms with Gasteiger partial charge in [-0.15, -0.1) is 11.3 Å². The molecule has 18 heavy (non-hydrogen) atoms. The summed E-state index contributed by atoms with van der Waals surface area (Å²) in [6, 6.07) is 0.936. The number of likely N-dealkylation sites (tertiary alicyclic amines) is 1. The summed E-state index contributed by atoms with van der Waals surface area (Å²) in [7, 11) is 0. The lowest BCUT2D eigenvalue weighted by molar-refractivity contribution is 0.0698. The molecule has 0 radical (unpaired) electrons. The first-order valence-electron chi connectivity index (χ1n) is 5.62. The van der Waals surface area contributed by atoms with Gasteiger partial charge in [-0.1, -0.05) is 0 Å². The number of rotatable bonds is 3. The van der Waals surface area contributed by atoms with E-state index in [9.17, 15) is 9.59 Å². The topological polar surface area (TPSA) is 89.9 Å². The molecule has 1 atom stereocenters. The van der Waals surface area contributed by atoms with Crippen LogP contribution in [0.3, 0.4) is 0 Å². The van der Waals surface area contributed by atoms with Crippen LogP contribution >= 0.6 is 11.3 Å². The molecular weight excluding hydrogens is 256 g/mol. The fourth-order valence-electron chi connectivity index (χ4n) is 2.04. The van der Waals surface area contributed by atoms with Gasteiger partial charge < -0.3 is 15.1 Å². The van der Waals surface area contributed by atoms with E-state index in [0.717, 1.165) is 12.8 Å². The molecule has 1 aromatic heterocycles. The maximum atomic E-state index is 12.0. The van der Waals surface area contributed by atoms with Crippen molar-refractivity contribution < 1.29 is 19.8 Å². The molecule has 1 unspecified atom stereocenters. The highest BCUT2D eigenvalue weighted by Gasteiger charge is 2.28. The SMILES string of the molecule is O=C(O)c1ccsc1NC(=O)N1CCCC1CO. The molecule has 0 aromatic carbocycles. The molecular formula is C11H14N2O4S. The smallest absolute Gasteiger partial charge is 0.338 e. The maximum Gasteiger partial charge on any atom is 0.338 e. The largest absolute Gasteiger partial charge is 0.478 e. The predicted octanol–water partition coefficient (Wildman–Crippen LogP) is 1.43. The van der Waals surface area contributed by atoms with Crippen molar-refractivity contribution in [3.05, 3.63) is 17.0 Å². The van der Waals surface area contributed by atoms with Crippen LogP contribution in [0.25, 0.3) is 0 Å². The van der Waals surface area contributed by atoms with Gasteiger partial charge in [0.1, 0.15) is 5.00 Å². The Labute approximate surface area is 108 Å². The van der Waals surface area contributed by atoms with Gasteiger partial charge in [-0.05, 0) is 24.3 Å². The van der Waals surface area contributed by atoms with Crippen molar-refractivity contribution in [2.24, 2.45) is 0 Å². The third-order valence-corrected chi connectivity index (χ3v) is 3.79. The number of thiophene rings is 1. The van der Waals surface area contributed by atoms with Gasteiger partial charge in [-0.2, -0.15) is 0 Å². The highest BCUT2D eigenvalue weighted by Crippen LogP contribution is 2.25. The lowest BCUT2D eigenvalue weighted by Gasteiger charge is -2.23. The Balaban J connectivity index is 2.07. The Hall–Kier alpha value is -1.60. The second-order valence-electron chi connectivity index (χ2n) is 4.07.